The number of hydrogen-bond donors (Lipinski definition) is 2. The highest BCUT2D eigenvalue weighted by molar-refractivity contribution is 5.98. The molecule has 0 aromatic heterocycles. The van der Waals surface area contributed by atoms with Gasteiger partial charge in [0.2, 0.25) is 0 Å². The average molecular weight is 312 g/mol. The van der Waals surface area contributed by atoms with Crippen LogP contribution in [0.2, 0.25) is 0 Å². The van der Waals surface area contributed by atoms with Crippen molar-refractivity contribution >= 4 is 23.1 Å². The molecule has 0 heterocycles. The van der Waals surface area contributed by atoms with Crippen molar-refractivity contribution in [3.05, 3.63) is 0 Å². The zero-order chi connectivity index (χ0) is 17.1. The molecule has 2 N–H and O–H groups in total. The molecule has 0 rings (SSSR count). The van der Waals surface area contributed by atoms with Gasteiger partial charge in [-0.1, -0.05) is 0 Å². The summed E-state index contributed by atoms with van der Waals surface area (Å²) in [5, 5.41) is 6.39. The van der Waals surface area contributed by atoms with Crippen LogP contribution in [-0.4, -0.2) is 48.3 Å². The lowest BCUT2D eigenvalue weighted by Crippen LogP contribution is -2.38. The Hall–Kier alpha value is -1.40. The van der Waals surface area contributed by atoms with Gasteiger partial charge in [0.15, 0.2) is 0 Å². The van der Waals surface area contributed by atoms with Gasteiger partial charge in [-0.2, -0.15) is 0 Å². The van der Waals surface area contributed by atoms with Crippen molar-refractivity contribution in [2.24, 2.45) is 0 Å². The smallest absolute Gasteiger partial charge is 0.141 e. The number of carbonyl (C=O) groups is 4. The molecule has 0 aliphatic heterocycles. The maximum atomic E-state index is 11.5. The molecule has 6 nitrogen and oxygen atoms in total. The van der Waals surface area contributed by atoms with Crippen molar-refractivity contribution in [2.75, 3.05) is 13.1 Å². The largest absolute Gasteiger partial charge is 0.313 e. The lowest BCUT2D eigenvalue weighted by Gasteiger charge is -2.16. The zero-order valence-corrected chi connectivity index (χ0v) is 14.0. The molecular formula is C16H28N2O4. The van der Waals surface area contributed by atoms with Crippen LogP contribution in [0.3, 0.4) is 0 Å². The van der Waals surface area contributed by atoms with Crippen LogP contribution in [0.1, 0.15) is 53.4 Å². The molecule has 0 fully saturated rings. The Kier molecular flexibility index (Phi) is 10.5. The van der Waals surface area contributed by atoms with E-state index in [4.69, 9.17) is 0 Å². The second-order valence-corrected chi connectivity index (χ2v) is 5.95. The third-order valence-electron chi connectivity index (χ3n) is 3.07. The predicted molar refractivity (Wildman–Crippen MR) is 84.8 cm³/mol. The Labute approximate surface area is 132 Å². The molecule has 2 unspecified atom stereocenters. The second-order valence-electron chi connectivity index (χ2n) is 5.95. The van der Waals surface area contributed by atoms with Gasteiger partial charge < -0.3 is 10.6 Å². The average Bonchev–Trinajstić information content (AvgIpc) is 2.32. The molecule has 0 aliphatic rings. The van der Waals surface area contributed by atoms with E-state index in [0.29, 0.717) is 25.9 Å². The van der Waals surface area contributed by atoms with Crippen LogP contribution < -0.4 is 10.6 Å². The van der Waals surface area contributed by atoms with E-state index in [9.17, 15) is 19.2 Å². The third kappa shape index (κ3) is 12.3. The van der Waals surface area contributed by atoms with Crippen molar-refractivity contribution in [3.63, 3.8) is 0 Å². The first kappa shape index (κ1) is 20.6. The highest BCUT2D eigenvalue weighted by atomic mass is 16.2. The number of hydrogen-bond acceptors (Lipinski definition) is 6. The van der Waals surface area contributed by atoms with Gasteiger partial charge in [-0.05, 0) is 27.7 Å². The van der Waals surface area contributed by atoms with E-state index in [1.54, 1.807) is 0 Å². The molecular weight excluding hydrogens is 284 g/mol. The summed E-state index contributed by atoms with van der Waals surface area (Å²) >= 11 is 0. The standard InChI is InChI=1S/C16H28N2O4/c1-11(7-15(21)9-13(3)19)17-5-6-18-12(2)8-16(22)10-14(4)20/h11-12,17-18H,5-10H2,1-4H3. The number of rotatable bonds is 13. The van der Waals surface area contributed by atoms with Crippen LogP contribution in [0.5, 0.6) is 0 Å². The number of ketones is 4. The first-order valence-electron chi connectivity index (χ1n) is 7.69. The normalized spacial score (nSPS) is 13.5. The summed E-state index contributed by atoms with van der Waals surface area (Å²) in [6, 6.07) is 0.0339. The van der Waals surface area contributed by atoms with Crippen LogP contribution in [0, 0.1) is 0 Å². The van der Waals surface area contributed by atoms with Gasteiger partial charge in [-0.15, -0.1) is 0 Å². The van der Waals surface area contributed by atoms with Gasteiger partial charge >= 0.3 is 0 Å². The first-order chi connectivity index (χ1) is 10.2. The lowest BCUT2D eigenvalue weighted by molar-refractivity contribution is -0.127. The minimum Gasteiger partial charge on any atom is -0.313 e. The van der Waals surface area contributed by atoms with Crippen LogP contribution in [-0.2, 0) is 19.2 Å². The summed E-state index contributed by atoms with van der Waals surface area (Å²) in [4.78, 5) is 44.6. The van der Waals surface area contributed by atoms with E-state index < -0.39 is 0 Å². The van der Waals surface area contributed by atoms with Crippen LogP contribution >= 0.6 is 0 Å². The molecule has 0 saturated heterocycles. The Morgan fingerprint density at radius 1 is 0.727 bits per heavy atom. The second kappa shape index (κ2) is 11.2. The Balaban J connectivity index is 3.74. The molecule has 0 aromatic rings. The molecule has 0 spiro atoms. The summed E-state index contributed by atoms with van der Waals surface area (Å²) in [7, 11) is 0. The van der Waals surface area contributed by atoms with E-state index in [1.165, 1.54) is 13.8 Å². The van der Waals surface area contributed by atoms with Crippen LogP contribution in [0.15, 0.2) is 0 Å². The Morgan fingerprint density at radius 3 is 1.32 bits per heavy atom. The van der Waals surface area contributed by atoms with E-state index >= 15 is 0 Å². The minimum absolute atomic E-state index is 0.000432. The summed E-state index contributed by atoms with van der Waals surface area (Å²) in [6.45, 7) is 7.96. The minimum atomic E-state index is -0.108. The quantitative estimate of drug-likeness (QED) is 0.386. The maximum absolute atomic E-state index is 11.5. The fourth-order valence-electron chi connectivity index (χ4n) is 2.16. The molecule has 0 aliphatic carbocycles. The lowest BCUT2D eigenvalue weighted by atomic mass is 10.1. The zero-order valence-electron chi connectivity index (χ0n) is 14.0. The summed E-state index contributed by atoms with van der Waals surface area (Å²) in [5.41, 5.74) is 0. The fourth-order valence-corrected chi connectivity index (χ4v) is 2.16. The number of carbonyl (C=O) groups excluding carboxylic acids is 4. The molecule has 0 radical (unpaired) electrons. The van der Waals surface area contributed by atoms with Crippen LogP contribution in [0.25, 0.3) is 0 Å². The predicted octanol–water partition coefficient (Wildman–Crippen LogP) is 0.819. The van der Waals surface area contributed by atoms with Gasteiger partial charge in [-0.25, -0.2) is 0 Å². The molecule has 2 atom stereocenters. The number of Topliss-reactive ketones (excluding diaryl/α,β-unsaturated/α-hetero) is 4. The molecule has 6 heteroatoms. The topological polar surface area (TPSA) is 92.3 Å². The van der Waals surface area contributed by atoms with E-state index in [2.05, 4.69) is 10.6 Å². The van der Waals surface area contributed by atoms with Gasteiger partial charge in [0.1, 0.15) is 23.1 Å². The summed E-state index contributed by atoms with van der Waals surface area (Å²) < 4.78 is 0. The van der Waals surface area contributed by atoms with Gasteiger partial charge in [0.25, 0.3) is 0 Å². The fraction of sp³-hybridized carbons (Fsp3) is 0.750. The van der Waals surface area contributed by atoms with E-state index in [-0.39, 0.29) is 48.1 Å². The molecule has 22 heavy (non-hydrogen) atoms. The van der Waals surface area contributed by atoms with Crippen molar-refractivity contribution in [1.82, 2.24) is 10.6 Å². The third-order valence-corrected chi connectivity index (χ3v) is 3.07. The highest BCUT2D eigenvalue weighted by Crippen LogP contribution is 1.98. The Bertz CT molecular complexity index is 369. The SMILES string of the molecule is CC(=O)CC(=O)CC(C)NCCNC(C)CC(=O)CC(C)=O. The van der Waals surface area contributed by atoms with Crippen molar-refractivity contribution < 1.29 is 19.2 Å². The monoisotopic (exact) mass is 312 g/mol. The number of nitrogens with one attached hydrogen (secondary N) is 2. The van der Waals surface area contributed by atoms with Crippen LogP contribution in [0.4, 0.5) is 0 Å². The van der Waals surface area contributed by atoms with Gasteiger partial charge in [0.05, 0.1) is 12.8 Å². The van der Waals surface area contributed by atoms with E-state index in [1.807, 2.05) is 13.8 Å². The summed E-state index contributed by atoms with van der Waals surface area (Å²) in [6.07, 6.45) is 0.678. The summed E-state index contributed by atoms with van der Waals surface area (Å²) in [5.74, 6) is -0.321. The first-order valence-corrected chi connectivity index (χ1v) is 7.69. The van der Waals surface area contributed by atoms with Gasteiger partial charge in [-0.3, -0.25) is 19.2 Å². The molecule has 0 bridgehead atoms. The Morgan fingerprint density at radius 2 is 1.05 bits per heavy atom. The van der Waals surface area contributed by atoms with Crippen molar-refractivity contribution in [2.45, 2.75) is 65.5 Å². The molecule has 126 valence electrons. The van der Waals surface area contributed by atoms with E-state index in [0.717, 1.165) is 0 Å². The molecule has 0 saturated carbocycles. The van der Waals surface area contributed by atoms with Crippen molar-refractivity contribution in [1.29, 1.82) is 0 Å². The molecule has 0 amide bonds. The van der Waals surface area contributed by atoms with Crippen molar-refractivity contribution in [3.8, 4) is 0 Å². The maximum Gasteiger partial charge on any atom is 0.141 e. The highest BCUT2D eigenvalue weighted by Gasteiger charge is 2.12. The van der Waals surface area contributed by atoms with Gasteiger partial charge in [0, 0.05) is 38.0 Å². The molecule has 0 aromatic carbocycles.